The Morgan fingerprint density at radius 2 is 1.92 bits per heavy atom. The fourth-order valence-corrected chi connectivity index (χ4v) is 4.31. The number of hydrogen-bond donors (Lipinski definition) is 1. The summed E-state index contributed by atoms with van der Waals surface area (Å²) < 4.78 is 6.28. The van der Waals surface area contributed by atoms with E-state index in [1.54, 1.807) is 6.08 Å². The monoisotopic (exact) mass is 375 g/mol. The zero-order chi connectivity index (χ0) is 19.7. The third-order valence-electron chi connectivity index (χ3n) is 5.36. The lowest BCUT2D eigenvalue weighted by Gasteiger charge is -2.63. The molecule has 1 aromatic carbocycles. The molecule has 1 aliphatic carbocycles. The topological polar surface area (TPSA) is 38.3 Å². The highest BCUT2D eigenvalue weighted by Gasteiger charge is 2.64. The predicted octanol–water partition coefficient (Wildman–Crippen LogP) is 5.47. The second kappa shape index (κ2) is 7.48. The van der Waals surface area contributed by atoms with Crippen molar-refractivity contribution in [2.24, 2.45) is 10.8 Å². The van der Waals surface area contributed by atoms with Crippen molar-refractivity contribution in [1.82, 2.24) is 5.32 Å². The molecule has 142 valence electrons. The van der Waals surface area contributed by atoms with Crippen molar-refractivity contribution in [3.05, 3.63) is 53.1 Å². The number of carbonyl (C=O) groups excluding carboxylic acids is 1. The van der Waals surface area contributed by atoms with Crippen LogP contribution in [0.4, 0.5) is 0 Å². The van der Waals surface area contributed by atoms with Gasteiger partial charge in [-0.1, -0.05) is 71.0 Å². The highest BCUT2D eigenvalue weighted by Crippen LogP contribution is 2.55. The molecule has 0 aromatic heterocycles. The Morgan fingerprint density at radius 1 is 1.31 bits per heavy atom. The van der Waals surface area contributed by atoms with Crippen LogP contribution in [0.5, 0.6) is 5.75 Å². The van der Waals surface area contributed by atoms with Gasteiger partial charge in [-0.05, 0) is 31.0 Å². The molecule has 0 saturated heterocycles. The predicted molar refractivity (Wildman–Crippen MR) is 109 cm³/mol. The number of nitrogens with one attached hydrogen (secondary N) is 1. The van der Waals surface area contributed by atoms with E-state index in [0.717, 1.165) is 17.7 Å². The number of amides is 1. The maximum absolute atomic E-state index is 12.5. The van der Waals surface area contributed by atoms with E-state index in [1.807, 2.05) is 38.1 Å². The van der Waals surface area contributed by atoms with Gasteiger partial charge in [0.25, 0.3) is 5.91 Å². The van der Waals surface area contributed by atoms with Crippen LogP contribution in [0.2, 0.25) is 5.02 Å². The molecule has 1 aromatic rings. The fourth-order valence-electron chi connectivity index (χ4n) is 4.14. The molecule has 0 atom stereocenters. The molecule has 4 heteroatoms. The number of benzene rings is 1. The second-order valence-electron chi connectivity index (χ2n) is 8.29. The summed E-state index contributed by atoms with van der Waals surface area (Å²) in [5, 5.41) is 3.84. The number of carbonyl (C=O) groups is 1. The lowest BCUT2D eigenvalue weighted by atomic mass is 9.49. The molecule has 1 aliphatic rings. The van der Waals surface area contributed by atoms with Gasteiger partial charge in [0.2, 0.25) is 0 Å². The van der Waals surface area contributed by atoms with Gasteiger partial charge in [0, 0.05) is 27.5 Å². The Bertz CT molecular complexity index is 718. The van der Waals surface area contributed by atoms with E-state index in [0.29, 0.717) is 10.6 Å². The fraction of sp³-hybridized carbons (Fsp3) is 0.500. The van der Waals surface area contributed by atoms with Crippen LogP contribution in [0.25, 0.3) is 0 Å². The quantitative estimate of drug-likeness (QED) is 0.529. The van der Waals surface area contributed by atoms with Crippen LogP contribution in [0.15, 0.2) is 42.5 Å². The van der Waals surface area contributed by atoms with E-state index in [9.17, 15) is 4.79 Å². The molecule has 3 nitrogen and oxygen atoms in total. The van der Waals surface area contributed by atoms with Crippen molar-refractivity contribution < 1.29 is 9.53 Å². The van der Waals surface area contributed by atoms with Crippen molar-refractivity contribution in [3.63, 3.8) is 0 Å². The number of ether oxygens (including phenoxy) is 1. The normalized spacial score (nSPS) is 23.3. The van der Waals surface area contributed by atoms with Gasteiger partial charge in [0.05, 0.1) is 0 Å². The molecule has 1 N–H and O–H groups in total. The van der Waals surface area contributed by atoms with Crippen LogP contribution < -0.4 is 10.1 Å². The number of allylic oxidation sites excluding steroid dienone is 1. The van der Waals surface area contributed by atoms with E-state index in [4.69, 9.17) is 16.3 Å². The third kappa shape index (κ3) is 3.83. The van der Waals surface area contributed by atoms with Gasteiger partial charge in [-0.2, -0.15) is 0 Å². The summed E-state index contributed by atoms with van der Waals surface area (Å²) in [6.07, 6.45) is 4.54. The van der Waals surface area contributed by atoms with Crippen molar-refractivity contribution in [2.75, 3.05) is 0 Å². The molecule has 1 saturated carbocycles. The number of halogens is 1. The number of aryl methyl sites for hydroxylation is 1. The molecule has 1 fully saturated rings. The summed E-state index contributed by atoms with van der Waals surface area (Å²) in [5.74, 6) is 0.629. The highest BCUT2D eigenvalue weighted by molar-refractivity contribution is 6.31. The standard InChI is InChI=1S/C22H30ClNO2/c1-8-9-10-15(3)18(25)24-19-21(4,5)20(22(19,6)7)26-16-12-11-14(2)17(23)13-16/h9-13,19-20H,3,8H2,1-2,4-7H3,(H,24,25)/b10-9-/t19-,20-. The molecule has 2 rings (SSSR count). The second-order valence-corrected chi connectivity index (χ2v) is 8.70. The summed E-state index contributed by atoms with van der Waals surface area (Å²) in [6, 6.07) is 5.74. The molecule has 26 heavy (non-hydrogen) atoms. The molecular weight excluding hydrogens is 346 g/mol. The minimum atomic E-state index is -0.217. The summed E-state index contributed by atoms with van der Waals surface area (Å²) in [7, 11) is 0. The maximum atomic E-state index is 12.5. The van der Waals surface area contributed by atoms with Gasteiger partial charge in [-0.3, -0.25) is 4.79 Å². The van der Waals surface area contributed by atoms with E-state index in [1.165, 1.54) is 0 Å². The number of hydrogen-bond acceptors (Lipinski definition) is 2. The Morgan fingerprint density at radius 3 is 2.46 bits per heavy atom. The Hall–Kier alpha value is -1.74. The molecule has 0 bridgehead atoms. The van der Waals surface area contributed by atoms with E-state index in [-0.39, 0.29) is 28.9 Å². The van der Waals surface area contributed by atoms with E-state index >= 15 is 0 Å². The molecular formula is C22H30ClNO2. The molecule has 0 unspecified atom stereocenters. The van der Waals surface area contributed by atoms with Crippen LogP contribution in [-0.4, -0.2) is 18.1 Å². The lowest BCUT2D eigenvalue weighted by Crippen LogP contribution is -2.74. The molecule has 0 spiro atoms. The van der Waals surface area contributed by atoms with Crippen LogP contribution >= 0.6 is 11.6 Å². The number of rotatable bonds is 6. The zero-order valence-electron chi connectivity index (χ0n) is 16.7. The average molecular weight is 376 g/mol. The minimum Gasteiger partial charge on any atom is -0.489 e. The molecule has 0 aliphatic heterocycles. The smallest absolute Gasteiger partial charge is 0.250 e. The van der Waals surface area contributed by atoms with Gasteiger partial charge in [0.1, 0.15) is 11.9 Å². The first kappa shape index (κ1) is 20.6. The van der Waals surface area contributed by atoms with E-state index in [2.05, 4.69) is 39.6 Å². The summed E-state index contributed by atoms with van der Waals surface area (Å²) in [6.45, 7) is 16.3. The Balaban J connectivity index is 2.13. The maximum Gasteiger partial charge on any atom is 0.250 e. The van der Waals surface area contributed by atoms with Crippen LogP contribution in [0.3, 0.4) is 0 Å². The van der Waals surface area contributed by atoms with Crippen LogP contribution in [-0.2, 0) is 4.79 Å². The molecule has 1 amide bonds. The van der Waals surface area contributed by atoms with Crippen molar-refractivity contribution in [2.45, 2.75) is 60.1 Å². The van der Waals surface area contributed by atoms with Crippen LogP contribution in [0.1, 0.15) is 46.6 Å². The summed E-state index contributed by atoms with van der Waals surface area (Å²) in [4.78, 5) is 12.5. The van der Waals surface area contributed by atoms with Gasteiger partial charge in [-0.15, -0.1) is 0 Å². The minimum absolute atomic E-state index is 0.0137. The van der Waals surface area contributed by atoms with Crippen molar-refractivity contribution in [3.8, 4) is 5.75 Å². The average Bonchev–Trinajstić information content (AvgIpc) is 2.57. The Kier molecular flexibility index (Phi) is 5.92. The highest BCUT2D eigenvalue weighted by atomic mass is 35.5. The molecule has 0 heterocycles. The summed E-state index contributed by atoms with van der Waals surface area (Å²) >= 11 is 6.22. The first-order valence-corrected chi connectivity index (χ1v) is 9.48. The van der Waals surface area contributed by atoms with Gasteiger partial charge in [-0.25, -0.2) is 0 Å². The zero-order valence-corrected chi connectivity index (χ0v) is 17.4. The Labute approximate surface area is 162 Å². The lowest BCUT2D eigenvalue weighted by molar-refractivity contribution is -0.172. The van der Waals surface area contributed by atoms with Crippen LogP contribution in [0, 0.1) is 17.8 Å². The van der Waals surface area contributed by atoms with Gasteiger partial charge < -0.3 is 10.1 Å². The summed E-state index contributed by atoms with van der Waals surface area (Å²) in [5.41, 5.74) is 1.07. The van der Waals surface area contributed by atoms with E-state index < -0.39 is 0 Å². The first-order chi connectivity index (χ1) is 12.0. The SMILES string of the molecule is C=C(/C=C\CC)C(=O)N[C@H]1C(C)(C)[C@H](Oc2ccc(C)c(Cl)c2)C1(C)C. The van der Waals surface area contributed by atoms with Gasteiger partial charge in [0.15, 0.2) is 0 Å². The molecule has 0 radical (unpaired) electrons. The van der Waals surface area contributed by atoms with Crippen molar-refractivity contribution >= 4 is 17.5 Å². The first-order valence-electron chi connectivity index (χ1n) is 9.11. The third-order valence-corrected chi connectivity index (χ3v) is 5.77. The van der Waals surface area contributed by atoms with Crippen molar-refractivity contribution in [1.29, 1.82) is 0 Å². The largest absolute Gasteiger partial charge is 0.489 e. The van der Waals surface area contributed by atoms with Gasteiger partial charge >= 0.3 is 0 Å².